The van der Waals surface area contributed by atoms with Crippen LogP contribution in [0.4, 0.5) is 4.39 Å². The van der Waals surface area contributed by atoms with E-state index in [1.807, 2.05) is 25.3 Å². The SMILES string of the molecule is C=C(N=C(SC)N(C)C)C(=NC)c1ccccc1F. The molecule has 102 valence electrons. The molecule has 0 N–H and O–H groups in total. The van der Waals surface area contributed by atoms with Gasteiger partial charge in [-0.05, 0) is 18.4 Å². The summed E-state index contributed by atoms with van der Waals surface area (Å²) in [5, 5.41) is 0.794. The molecule has 1 aromatic carbocycles. The first-order valence-corrected chi connectivity index (χ1v) is 6.94. The number of aliphatic imine (C=N–C) groups is 2. The summed E-state index contributed by atoms with van der Waals surface area (Å²) < 4.78 is 13.8. The summed E-state index contributed by atoms with van der Waals surface area (Å²) in [4.78, 5) is 10.4. The summed E-state index contributed by atoms with van der Waals surface area (Å²) >= 11 is 1.50. The summed E-state index contributed by atoms with van der Waals surface area (Å²) in [6.07, 6.45) is 1.93. The second kappa shape index (κ2) is 7.09. The van der Waals surface area contributed by atoms with Gasteiger partial charge in [0.15, 0.2) is 5.17 Å². The van der Waals surface area contributed by atoms with Crippen LogP contribution in [-0.2, 0) is 0 Å². The Labute approximate surface area is 118 Å². The molecule has 5 heteroatoms. The Morgan fingerprint density at radius 1 is 1.32 bits per heavy atom. The predicted molar refractivity (Wildman–Crippen MR) is 82.6 cm³/mol. The second-order valence-corrected chi connectivity index (χ2v) is 4.77. The molecule has 0 aliphatic heterocycles. The molecule has 0 aliphatic rings. The first kappa shape index (κ1) is 15.4. The van der Waals surface area contributed by atoms with Crippen molar-refractivity contribution in [1.82, 2.24) is 4.90 Å². The van der Waals surface area contributed by atoms with Crippen LogP contribution in [0.1, 0.15) is 5.56 Å². The van der Waals surface area contributed by atoms with Crippen molar-refractivity contribution in [1.29, 1.82) is 0 Å². The van der Waals surface area contributed by atoms with E-state index in [1.54, 1.807) is 25.2 Å². The van der Waals surface area contributed by atoms with E-state index in [2.05, 4.69) is 16.6 Å². The number of hydrogen-bond donors (Lipinski definition) is 0. The highest BCUT2D eigenvalue weighted by Gasteiger charge is 2.12. The minimum absolute atomic E-state index is 0.324. The van der Waals surface area contributed by atoms with Crippen molar-refractivity contribution in [3.8, 4) is 0 Å². The van der Waals surface area contributed by atoms with E-state index in [0.717, 1.165) is 5.17 Å². The van der Waals surface area contributed by atoms with Crippen LogP contribution in [0.2, 0.25) is 0 Å². The fraction of sp³-hybridized carbons (Fsp3) is 0.286. The summed E-state index contributed by atoms with van der Waals surface area (Å²) in [6.45, 7) is 3.89. The summed E-state index contributed by atoms with van der Waals surface area (Å²) in [5.41, 5.74) is 1.33. The van der Waals surface area contributed by atoms with E-state index in [-0.39, 0.29) is 5.82 Å². The summed E-state index contributed by atoms with van der Waals surface area (Å²) in [5.74, 6) is -0.324. The number of halogens is 1. The maximum Gasteiger partial charge on any atom is 0.163 e. The molecule has 3 nitrogen and oxygen atoms in total. The van der Waals surface area contributed by atoms with Gasteiger partial charge in [0.05, 0.1) is 11.4 Å². The van der Waals surface area contributed by atoms with Gasteiger partial charge in [0.2, 0.25) is 0 Å². The number of rotatable bonds is 3. The van der Waals surface area contributed by atoms with Gasteiger partial charge in [-0.15, -0.1) is 0 Å². The smallest absolute Gasteiger partial charge is 0.163 e. The maximum atomic E-state index is 13.8. The second-order valence-electron chi connectivity index (χ2n) is 3.99. The molecule has 0 radical (unpaired) electrons. The minimum Gasteiger partial charge on any atom is -0.357 e. The van der Waals surface area contributed by atoms with Crippen LogP contribution in [0.3, 0.4) is 0 Å². The molecule has 0 aliphatic carbocycles. The van der Waals surface area contributed by atoms with E-state index in [4.69, 9.17) is 0 Å². The molecule has 0 heterocycles. The Morgan fingerprint density at radius 3 is 2.42 bits per heavy atom. The summed E-state index contributed by atoms with van der Waals surface area (Å²) in [6, 6.07) is 6.49. The maximum absolute atomic E-state index is 13.8. The average molecular weight is 279 g/mol. The Morgan fingerprint density at radius 2 is 1.95 bits per heavy atom. The van der Waals surface area contributed by atoms with Crippen molar-refractivity contribution < 1.29 is 4.39 Å². The molecule has 1 aromatic rings. The highest BCUT2D eigenvalue weighted by molar-refractivity contribution is 8.13. The molecule has 0 fully saturated rings. The number of amidine groups is 1. The van der Waals surface area contributed by atoms with Gasteiger partial charge in [0, 0.05) is 26.7 Å². The van der Waals surface area contributed by atoms with E-state index < -0.39 is 0 Å². The molecule has 0 spiro atoms. The lowest BCUT2D eigenvalue weighted by Crippen LogP contribution is -2.19. The van der Waals surface area contributed by atoms with E-state index in [1.165, 1.54) is 17.8 Å². The van der Waals surface area contributed by atoms with Gasteiger partial charge in [0.1, 0.15) is 5.82 Å². The molecule has 0 aromatic heterocycles. The Hall–Kier alpha value is -1.62. The van der Waals surface area contributed by atoms with Gasteiger partial charge >= 0.3 is 0 Å². The van der Waals surface area contributed by atoms with Crippen LogP contribution < -0.4 is 0 Å². The minimum atomic E-state index is -0.324. The van der Waals surface area contributed by atoms with Crippen LogP contribution in [-0.4, -0.2) is 43.2 Å². The van der Waals surface area contributed by atoms with Gasteiger partial charge in [-0.1, -0.05) is 30.5 Å². The first-order chi connectivity index (χ1) is 9.01. The third-order valence-electron chi connectivity index (χ3n) is 2.42. The molecule has 0 amide bonds. The van der Waals surface area contributed by atoms with Crippen LogP contribution in [0.25, 0.3) is 0 Å². The Balaban J connectivity index is 3.13. The topological polar surface area (TPSA) is 28.0 Å². The van der Waals surface area contributed by atoms with Crippen LogP contribution >= 0.6 is 11.8 Å². The van der Waals surface area contributed by atoms with E-state index in [9.17, 15) is 4.39 Å². The highest BCUT2D eigenvalue weighted by Crippen LogP contribution is 2.15. The first-order valence-electron chi connectivity index (χ1n) is 5.72. The van der Waals surface area contributed by atoms with Crippen molar-refractivity contribution in [2.45, 2.75) is 0 Å². The largest absolute Gasteiger partial charge is 0.357 e. The quantitative estimate of drug-likeness (QED) is 0.628. The van der Waals surface area contributed by atoms with Crippen molar-refractivity contribution >= 4 is 22.6 Å². The standard InChI is InChI=1S/C14H18FN3S/c1-10(17-14(19-5)18(3)4)13(16-2)11-8-6-7-9-12(11)15/h6-9H,1H2,2-5H3. The van der Waals surface area contributed by atoms with E-state index in [0.29, 0.717) is 17.0 Å². The molecule has 0 atom stereocenters. The number of thioether (sulfide) groups is 1. The van der Waals surface area contributed by atoms with E-state index >= 15 is 0 Å². The molecule has 0 saturated carbocycles. The zero-order valence-electron chi connectivity index (χ0n) is 11.6. The predicted octanol–water partition coefficient (Wildman–Crippen LogP) is 3.04. The fourth-order valence-corrected chi connectivity index (χ4v) is 2.12. The van der Waals surface area contributed by atoms with Gasteiger partial charge in [-0.25, -0.2) is 9.38 Å². The Kier molecular flexibility index (Phi) is 5.76. The van der Waals surface area contributed by atoms with Gasteiger partial charge < -0.3 is 4.90 Å². The molecule has 1 rings (SSSR count). The molecular formula is C14H18FN3S. The third-order valence-corrected chi connectivity index (χ3v) is 3.24. The fourth-order valence-electron chi connectivity index (χ4n) is 1.55. The number of nitrogens with zero attached hydrogens (tertiary/aromatic N) is 3. The lowest BCUT2D eigenvalue weighted by Gasteiger charge is -2.14. The van der Waals surface area contributed by atoms with Crippen molar-refractivity contribution in [3.63, 3.8) is 0 Å². The molecule has 0 saturated heterocycles. The van der Waals surface area contributed by atoms with Crippen LogP contribution in [0.15, 0.2) is 46.5 Å². The third kappa shape index (κ3) is 3.92. The number of hydrogen-bond acceptors (Lipinski definition) is 3. The zero-order valence-corrected chi connectivity index (χ0v) is 12.5. The Bertz CT molecular complexity index is 521. The molecular weight excluding hydrogens is 261 g/mol. The molecule has 19 heavy (non-hydrogen) atoms. The van der Waals surface area contributed by atoms with Crippen LogP contribution in [0.5, 0.6) is 0 Å². The van der Waals surface area contributed by atoms with Crippen molar-refractivity contribution in [3.05, 3.63) is 47.9 Å². The monoisotopic (exact) mass is 279 g/mol. The highest BCUT2D eigenvalue weighted by atomic mass is 32.2. The van der Waals surface area contributed by atoms with Gasteiger partial charge in [-0.3, -0.25) is 4.99 Å². The number of benzene rings is 1. The summed E-state index contributed by atoms with van der Waals surface area (Å²) in [7, 11) is 5.40. The molecule has 0 bridgehead atoms. The zero-order chi connectivity index (χ0) is 14.4. The van der Waals surface area contributed by atoms with Crippen LogP contribution in [0, 0.1) is 5.82 Å². The van der Waals surface area contributed by atoms with Gasteiger partial charge in [-0.2, -0.15) is 0 Å². The van der Waals surface area contributed by atoms with Crippen molar-refractivity contribution in [2.24, 2.45) is 9.98 Å². The number of allylic oxidation sites excluding steroid dienone is 1. The normalized spacial score (nSPS) is 12.5. The lowest BCUT2D eigenvalue weighted by molar-refractivity contribution is 0.625. The van der Waals surface area contributed by atoms with Crippen molar-refractivity contribution in [2.75, 3.05) is 27.4 Å². The lowest BCUT2D eigenvalue weighted by atomic mass is 10.1. The average Bonchev–Trinajstić information content (AvgIpc) is 2.38. The molecule has 0 unspecified atom stereocenters. The van der Waals surface area contributed by atoms with Gasteiger partial charge in [0.25, 0.3) is 0 Å².